The number of hydrogen-bond donors (Lipinski definition) is 2. The average molecular weight is 442 g/mol. The van der Waals surface area contributed by atoms with Crippen LogP contribution >= 0.6 is 0 Å². The van der Waals surface area contributed by atoms with Gasteiger partial charge in [-0.2, -0.15) is 4.31 Å². The van der Waals surface area contributed by atoms with Gasteiger partial charge >= 0.3 is 0 Å². The Kier molecular flexibility index (Phi) is 9.13. The summed E-state index contributed by atoms with van der Waals surface area (Å²) < 4.78 is 57.1. The molecule has 0 saturated carbocycles. The highest BCUT2D eigenvalue weighted by Gasteiger charge is 2.29. The largest absolute Gasteiger partial charge is 0.378 e. The van der Waals surface area contributed by atoms with Crippen LogP contribution in [0.1, 0.15) is 27.7 Å². The van der Waals surface area contributed by atoms with E-state index in [1.807, 2.05) is 18.7 Å². The van der Waals surface area contributed by atoms with Crippen LogP contribution in [-0.2, 0) is 24.8 Å². The third-order valence-electron chi connectivity index (χ3n) is 4.09. The Morgan fingerprint density at radius 3 is 2.18 bits per heavy atom. The van der Waals surface area contributed by atoms with E-state index in [0.29, 0.717) is 38.7 Å². The topological polar surface area (TPSA) is 120 Å². The SMILES string of the molecule is CN=C(NCC(C)(C)NS(C)(=O)=O)N1CCN(S(=O)(=O)CCOC(C)C)CC1. The Morgan fingerprint density at radius 1 is 1.14 bits per heavy atom. The van der Waals surface area contributed by atoms with Crippen molar-refractivity contribution in [2.45, 2.75) is 39.3 Å². The van der Waals surface area contributed by atoms with E-state index in [0.717, 1.165) is 6.26 Å². The Hall–Kier alpha value is -0.950. The summed E-state index contributed by atoms with van der Waals surface area (Å²) in [6, 6.07) is 0. The van der Waals surface area contributed by atoms with Crippen molar-refractivity contribution in [2.75, 3.05) is 58.4 Å². The number of aliphatic imine (C=N–C) groups is 1. The molecular formula is C16H35N5O5S2. The summed E-state index contributed by atoms with van der Waals surface area (Å²) in [4.78, 5) is 6.20. The number of rotatable bonds is 9. The zero-order valence-electron chi connectivity index (χ0n) is 17.7. The maximum absolute atomic E-state index is 12.4. The van der Waals surface area contributed by atoms with Crippen molar-refractivity contribution in [1.29, 1.82) is 0 Å². The first-order chi connectivity index (χ1) is 12.8. The van der Waals surface area contributed by atoms with Crippen molar-refractivity contribution < 1.29 is 21.6 Å². The number of piperazine rings is 1. The summed E-state index contributed by atoms with van der Waals surface area (Å²) in [5, 5.41) is 3.16. The highest BCUT2D eigenvalue weighted by molar-refractivity contribution is 7.89. The zero-order chi connectivity index (χ0) is 21.6. The Balaban J connectivity index is 2.56. The molecule has 28 heavy (non-hydrogen) atoms. The lowest BCUT2D eigenvalue weighted by molar-refractivity contribution is 0.0904. The fourth-order valence-corrected chi connectivity index (χ4v) is 5.23. The van der Waals surface area contributed by atoms with E-state index in [9.17, 15) is 16.8 Å². The second kappa shape index (κ2) is 10.2. The summed E-state index contributed by atoms with van der Waals surface area (Å²) in [7, 11) is -5.03. The molecule has 1 heterocycles. The molecule has 166 valence electrons. The van der Waals surface area contributed by atoms with E-state index < -0.39 is 25.6 Å². The first-order valence-corrected chi connectivity index (χ1v) is 12.8. The molecule has 0 unspecified atom stereocenters. The predicted octanol–water partition coefficient (Wildman–Crippen LogP) is -0.738. The van der Waals surface area contributed by atoms with Crippen LogP contribution < -0.4 is 10.0 Å². The van der Waals surface area contributed by atoms with Crippen LogP contribution in [-0.4, -0.2) is 102 Å². The maximum Gasteiger partial charge on any atom is 0.216 e. The average Bonchev–Trinajstić information content (AvgIpc) is 2.53. The van der Waals surface area contributed by atoms with Crippen LogP contribution in [0, 0.1) is 0 Å². The van der Waals surface area contributed by atoms with Gasteiger partial charge in [0.2, 0.25) is 20.0 Å². The molecule has 0 aromatic heterocycles. The minimum atomic E-state index is -3.35. The number of nitrogens with zero attached hydrogens (tertiary/aromatic N) is 3. The Morgan fingerprint density at radius 2 is 1.71 bits per heavy atom. The molecule has 0 spiro atoms. The van der Waals surface area contributed by atoms with Gasteiger partial charge in [-0.05, 0) is 27.7 Å². The minimum absolute atomic E-state index is 0.00267. The fraction of sp³-hybridized carbons (Fsp3) is 0.938. The van der Waals surface area contributed by atoms with Crippen molar-refractivity contribution in [2.24, 2.45) is 4.99 Å². The second-order valence-electron chi connectivity index (χ2n) is 7.78. The first kappa shape index (κ1) is 25.1. The standard InChI is InChI=1S/C16H35N5O5S2/c1-14(2)26-11-12-28(24,25)21-9-7-20(8-10-21)15(17-5)18-13-16(3,4)19-27(6,22)23/h14,19H,7-13H2,1-6H3,(H,17,18). The van der Waals surface area contributed by atoms with E-state index in [-0.39, 0.29) is 18.5 Å². The van der Waals surface area contributed by atoms with Crippen molar-refractivity contribution in [3.8, 4) is 0 Å². The van der Waals surface area contributed by atoms with Gasteiger partial charge in [-0.25, -0.2) is 21.6 Å². The van der Waals surface area contributed by atoms with Crippen LogP contribution in [0.5, 0.6) is 0 Å². The smallest absolute Gasteiger partial charge is 0.216 e. The van der Waals surface area contributed by atoms with E-state index >= 15 is 0 Å². The monoisotopic (exact) mass is 441 g/mol. The molecule has 12 heteroatoms. The van der Waals surface area contributed by atoms with Crippen LogP contribution in [0.25, 0.3) is 0 Å². The van der Waals surface area contributed by atoms with Gasteiger partial charge in [-0.1, -0.05) is 0 Å². The number of sulfonamides is 2. The van der Waals surface area contributed by atoms with Gasteiger partial charge in [-0.3, -0.25) is 4.99 Å². The van der Waals surface area contributed by atoms with Gasteiger partial charge in [0.15, 0.2) is 5.96 Å². The van der Waals surface area contributed by atoms with Crippen LogP contribution in [0.3, 0.4) is 0 Å². The normalized spacial score (nSPS) is 18.0. The van der Waals surface area contributed by atoms with Gasteiger partial charge in [0.1, 0.15) is 0 Å². The third kappa shape index (κ3) is 9.03. The van der Waals surface area contributed by atoms with E-state index in [1.165, 1.54) is 4.31 Å². The van der Waals surface area contributed by atoms with E-state index in [4.69, 9.17) is 4.74 Å². The van der Waals surface area contributed by atoms with Crippen molar-refractivity contribution in [3.63, 3.8) is 0 Å². The lowest BCUT2D eigenvalue weighted by Gasteiger charge is -2.37. The molecule has 0 aliphatic carbocycles. The highest BCUT2D eigenvalue weighted by Crippen LogP contribution is 2.10. The van der Waals surface area contributed by atoms with Gasteiger partial charge in [0.25, 0.3) is 0 Å². The van der Waals surface area contributed by atoms with Crippen LogP contribution in [0.2, 0.25) is 0 Å². The molecule has 1 rings (SSSR count). The fourth-order valence-electron chi connectivity index (χ4n) is 2.87. The van der Waals surface area contributed by atoms with Gasteiger partial charge in [0.05, 0.1) is 24.7 Å². The lowest BCUT2D eigenvalue weighted by atomic mass is 10.1. The number of nitrogens with one attached hydrogen (secondary N) is 2. The number of guanidine groups is 1. The molecule has 10 nitrogen and oxygen atoms in total. The van der Waals surface area contributed by atoms with Gasteiger partial charge < -0.3 is 15.0 Å². The summed E-state index contributed by atoms with van der Waals surface area (Å²) in [6.07, 6.45) is 1.12. The summed E-state index contributed by atoms with van der Waals surface area (Å²) in [5.41, 5.74) is -0.689. The number of hydrogen-bond acceptors (Lipinski definition) is 6. The van der Waals surface area contributed by atoms with Gasteiger partial charge in [0, 0.05) is 45.3 Å². The molecule has 1 saturated heterocycles. The quantitative estimate of drug-likeness (QED) is 0.357. The summed E-state index contributed by atoms with van der Waals surface area (Å²) >= 11 is 0. The minimum Gasteiger partial charge on any atom is -0.378 e. The van der Waals surface area contributed by atoms with Crippen molar-refractivity contribution in [1.82, 2.24) is 19.2 Å². The molecule has 0 aromatic rings. The maximum atomic E-state index is 12.4. The molecule has 0 amide bonds. The van der Waals surface area contributed by atoms with Crippen molar-refractivity contribution in [3.05, 3.63) is 0 Å². The molecule has 1 fully saturated rings. The van der Waals surface area contributed by atoms with Crippen LogP contribution in [0.4, 0.5) is 0 Å². The van der Waals surface area contributed by atoms with E-state index in [1.54, 1.807) is 20.9 Å². The molecule has 0 radical (unpaired) electrons. The first-order valence-electron chi connectivity index (χ1n) is 9.30. The molecule has 0 atom stereocenters. The molecular weight excluding hydrogens is 406 g/mol. The lowest BCUT2D eigenvalue weighted by Crippen LogP contribution is -2.57. The second-order valence-corrected chi connectivity index (χ2v) is 11.6. The van der Waals surface area contributed by atoms with Crippen molar-refractivity contribution >= 4 is 26.0 Å². The Bertz CT molecular complexity index is 727. The molecule has 0 aromatic carbocycles. The predicted molar refractivity (Wildman–Crippen MR) is 111 cm³/mol. The third-order valence-corrected chi connectivity index (χ3v) is 6.84. The zero-order valence-corrected chi connectivity index (χ0v) is 19.4. The molecule has 0 bridgehead atoms. The van der Waals surface area contributed by atoms with Gasteiger partial charge in [-0.15, -0.1) is 0 Å². The molecule has 1 aliphatic heterocycles. The number of ether oxygens (including phenoxy) is 1. The molecule has 2 N–H and O–H groups in total. The highest BCUT2D eigenvalue weighted by atomic mass is 32.2. The molecule has 1 aliphatic rings. The summed E-state index contributed by atoms with van der Waals surface area (Å²) in [6.45, 7) is 9.58. The van der Waals surface area contributed by atoms with E-state index in [2.05, 4.69) is 15.0 Å². The van der Waals surface area contributed by atoms with Crippen LogP contribution in [0.15, 0.2) is 4.99 Å². The summed E-state index contributed by atoms with van der Waals surface area (Å²) in [5.74, 6) is 0.590. The Labute approximate surface area is 169 Å².